The number of amides is 1. The van der Waals surface area contributed by atoms with Gasteiger partial charge >= 0.3 is 0 Å². The van der Waals surface area contributed by atoms with Crippen LogP contribution in [0.2, 0.25) is 0 Å². The molecule has 1 saturated heterocycles. The fourth-order valence-electron chi connectivity index (χ4n) is 4.28. The Bertz CT molecular complexity index is 1680. The van der Waals surface area contributed by atoms with Crippen molar-refractivity contribution in [3.63, 3.8) is 0 Å². The second-order valence-electron chi connectivity index (χ2n) is 9.24. The van der Waals surface area contributed by atoms with Crippen LogP contribution in [0.5, 0.6) is 0 Å². The summed E-state index contributed by atoms with van der Waals surface area (Å²) in [5.41, 5.74) is 3.05. The molecule has 0 saturated carbocycles. The number of nitrogens with one attached hydrogen (secondary N) is 1. The number of fused-ring (bicyclic) bond motifs is 1. The predicted octanol–water partition coefficient (Wildman–Crippen LogP) is 1.48. The predicted molar refractivity (Wildman–Crippen MR) is 147 cm³/mol. The van der Waals surface area contributed by atoms with E-state index in [0.29, 0.717) is 24.2 Å². The third kappa shape index (κ3) is 6.17. The average molecular weight is 591 g/mol. The van der Waals surface area contributed by atoms with Gasteiger partial charge in [0.25, 0.3) is 5.91 Å². The monoisotopic (exact) mass is 590 g/mol. The lowest BCUT2D eigenvalue weighted by atomic mass is 10.0. The molecule has 4 aromatic rings. The van der Waals surface area contributed by atoms with Crippen LogP contribution >= 0.6 is 11.3 Å². The van der Waals surface area contributed by atoms with Crippen LogP contribution in [-0.2, 0) is 27.3 Å². The summed E-state index contributed by atoms with van der Waals surface area (Å²) in [5.74, 6) is -0.225. The molecule has 206 valence electrons. The molecule has 12 nitrogen and oxygen atoms in total. The van der Waals surface area contributed by atoms with Crippen molar-refractivity contribution in [3.05, 3.63) is 64.8 Å². The maximum Gasteiger partial charge on any atom is 0.253 e. The summed E-state index contributed by atoms with van der Waals surface area (Å²) in [4.78, 5) is 21.4. The number of aromatic nitrogens is 3. The van der Waals surface area contributed by atoms with Gasteiger partial charge < -0.3 is 14.2 Å². The minimum atomic E-state index is -3.75. The molecule has 1 amide bonds. The first-order valence-corrected chi connectivity index (χ1v) is 15.9. The van der Waals surface area contributed by atoms with Crippen LogP contribution in [0.4, 0.5) is 0 Å². The Balaban J connectivity index is 1.39. The minimum absolute atomic E-state index is 0.0193. The minimum Gasteiger partial charge on any atom is -0.422 e. The molecule has 1 fully saturated rings. The zero-order valence-corrected chi connectivity index (χ0v) is 23.6. The lowest BCUT2D eigenvalue weighted by Gasteiger charge is -2.32. The lowest BCUT2D eigenvalue weighted by Crippen LogP contribution is -2.47. The fraction of sp³-hybridized carbons (Fsp3) is 0.333. The Kier molecular flexibility index (Phi) is 7.77. The highest BCUT2D eigenvalue weighted by Crippen LogP contribution is 2.36. The molecule has 1 N–H and O–H groups in total. The number of sulfone groups is 1. The first-order valence-electron chi connectivity index (χ1n) is 12.0. The van der Waals surface area contributed by atoms with E-state index in [1.165, 1.54) is 11.3 Å². The molecule has 2 aromatic heterocycles. The quantitative estimate of drug-likeness (QED) is 0.288. The molecule has 5 rings (SSSR count). The van der Waals surface area contributed by atoms with Crippen LogP contribution in [0.15, 0.2) is 46.9 Å². The molecule has 1 aliphatic rings. The van der Waals surface area contributed by atoms with Gasteiger partial charge in [0.05, 0.1) is 16.8 Å². The van der Waals surface area contributed by atoms with E-state index in [2.05, 4.69) is 24.8 Å². The summed E-state index contributed by atoms with van der Waals surface area (Å²) in [6.07, 6.45) is 1.05. The Labute approximate surface area is 230 Å². The van der Waals surface area contributed by atoms with Gasteiger partial charge in [-0.15, -0.1) is 21.5 Å². The van der Waals surface area contributed by atoms with E-state index in [1.54, 1.807) is 6.07 Å². The summed E-state index contributed by atoms with van der Waals surface area (Å²) >= 11 is 1.20. The largest absolute Gasteiger partial charge is 0.422 e. The molecule has 2 aromatic carbocycles. The second-order valence-corrected chi connectivity index (χ2v) is 13.3. The third-order valence-corrected chi connectivity index (χ3v) is 9.31. The van der Waals surface area contributed by atoms with Crippen LogP contribution in [0.25, 0.3) is 21.3 Å². The molecule has 39 heavy (non-hydrogen) atoms. The van der Waals surface area contributed by atoms with Crippen molar-refractivity contribution in [1.82, 2.24) is 29.7 Å². The van der Waals surface area contributed by atoms with E-state index in [9.17, 15) is 21.6 Å². The number of hydrogen-bond acceptors (Lipinski definition) is 11. The molecule has 0 aliphatic carbocycles. The van der Waals surface area contributed by atoms with Gasteiger partial charge in [0, 0.05) is 38.0 Å². The maximum atomic E-state index is 12.9. The third-order valence-electron chi connectivity index (χ3n) is 6.38. The SMILES string of the molecule is CN1CCN(C(=O)c2ccc(-c3ccc4nc(C(c5nnc(CN[SH](=O)=O)o5)S(C)(=O)=O)sc4c3)cc2)CC1. The number of carbonyl (C=O) groups excluding carboxylic acids is 1. The summed E-state index contributed by atoms with van der Waals surface area (Å²) < 4.78 is 55.2. The summed E-state index contributed by atoms with van der Waals surface area (Å²) in [6, 6.07) is 13.1. The van der Waals surface area contributed by atoms with Gasteiger partial charge in [0.1, 0.15) is 5.01 Å². The van der Waals surface area contributed by atoms with Crippen molar-refractivity contribution in [2.75, 3.05) is 39.5 Å². The number of nitrogens with zero attached hydrogens (tertiary/aromatic N) is 5. The molecule has 15 heteroatoms. The van der Waals surface area contributed by atoms with E-state index in [1.807, 2.05) is 48.3 Å². The van der Waals surface area contributed by atoms with Gasteiger partial charge in [-0.3, -0.25) is 4.79 Å². The van der Waals surface area contributed by atoms with E-state index in [0.717, 1.165) is 35.2 Å². The summed E-state index contributed by atoms with van der Waals surface area (Å²) in [6.45, 7) is 2.88. The summed E-state index contributed by atoms with van der Waals surface area (Å²) in [7, 11) is -4.58. The zero-order valence-electron chi connectivity index (χ0n) is 21.1. The highest BCUT2D eigenvalue weighted by molar-refractivity contribution is 7.91. The van der Waals surface area contributed by atoms with Crippen LogP contribution in [-0.4, -0.2) is 87.2 Å². The van der Waals surface area contributed by atoms with Crippen molar-refractivity contribution >= 4 is 48.2 Å². The zero-order chi connectivity index (χ0) is 27.7. The Morgan fingerprint density at radius 2 is 1.77 bits per heavy atom. The van der Waals surface area contributed by atoms with Crippen molar-refractivity contribution in [2.45, 2.75) is 11.8 Å². The number of carbonyl (C=O) groups is 1. The highest BCUT2D eigenvalue weighted by Gasteiger charge is 2.34. The summed E-state index contributed by atoms with van der Waals surface area (Å²) in [5, 5.41) is 6.55. The highest BCUT2D eigenvalue weighted by atomic mass is 32.2. The van der Waals surface area contributed by atoms with Crippen molar-refractivity contribution in [1.29, 1.82) is 0 Å². The van der Waals surface area contributed by atoms with Gasteiger partial charge in [-0.1, -0.05) is 18.2 Å². The number of rotatable bonds is 8. The Morgan fingerprint density at radius 3 is 2.44 bits per heavy atom. The van der Waals surface area contributed by atoms with Gasteiger partial charge in [-0.25, -0.2) is 26.5 Å². The van der Waals surface area contributed by atoms with Crippen LogP contribution in [0, 0.1) is 0 Å². The number of hydrogen-bond donors (Lipinski definition) is 2. The number of thiol groups is 1. The second kappa shape index (κ2) is 11.1. The molecule has 0 bridgehead atoms. The molecule has 0 radical (unpaired) electrons. The molecule has 1 aliphatic heterocycles. The van der Waals surface area contributed by atoms with Crippen molar-refractivity contribution in [2.24, 2.45) is 0 Å². The Morgan fingerprint density at radius 1 is 1.08 bits per heavy atom. The molecular weight excluding hydrogens is 565 g/mol. The molecule has 0 spiro atoms. The van der Waals surface area contributed by atoms with Crippen molar-refractivity contribution in [3.8, 4) is 11.1 Å². The molecule has 1 unspecified atom stereocenters. The van der Waals surface area contributed by atoms with Gasteiger partial charge in [-0.2, -0.15) is 0 Å². The van der Waals surface area contributed by atoms with E-state index >= 15 is 0 Å². The van der Waals surface area contributed by atoms with E-state index in [-0.39, 0.29) is 29.2 Å². The average Bonchev–Trinajstić information content (AvgIpc) is 3.53. The van der Waals surface area contributed by atoms with Crippen molar-refractivity contribution < 1.29 is 26.0 Å². The van der Waals surface area contributed by atoms with Gasteiger partial charge in [0.2, 0.25) is 22.7 Å². The molecular formula is C24H26N6O6S3. The first-order chi connectivity index (χ1) is 18.6. The standard InChI is InChI=1S/C24H26N6O6S3/c1-29-9-11-30(12-10-29)24(31)16-5-3-15(4-6-16)17-7-8-18-19(13-17)37-23(26-18)21(39(2,34)35)22-28-27-20(36-22)14-25-38(32)33/h3-8,13,21,38H,9-12,14H2,1-2H3,(H,25,32,33). The number of likely N-dealkylation sites (N-methyl/N-ethyl adjacent to an activating group) is 1. The van der Waals surface area contributed by atoms with Gasteiger partial charge in [0.15, 0.2) is 15.1 Å². The number of benzene rings is 2. The first kappa shape index (κ1) is 27.3. The number of thiazole rings is 1. The normalized spacial score (nSPS) is 15.7. The number of piperazine rings is 1. The maximum absolute atomic E-state index is 12.9. The Hall–Kier alpha value is -3.24. The topological polar surface area (TPSA) is 156 Å². The van der Waals surface area contributed by atoms with Gasteiger partial charge in [-0.05, 0) is 42.4 Å². The lowest BCUT2D eigenvalue weighted by molar-refractivity contribution is 0.0664. The van der Waals surface area contributed by atoms with E-state index in [4.69, 9.17) is 4.42 Å². The molecule has 3 heterocycles. The smallest absolute Gasteiger partial charge is 0.253 e. The van der Waals surface area contributed by atoms with Crippen LogP contribution in [0.3, 0.4) is 0 Å². The molecule has 1 atom stereocenters. The fourth-order valence-corrected chi connectivity index (χ4v) is 7.07. The van der Waals surface area contributed by atoms with E-state index < -0.39 is 26.0 Å². The van der Waals surface area contributed by atoms with Crippen LogP contribution in [0.1, 0.15) is 32.4 Å². The van der Waals surface area contributed by atoms with Crippen LogP contribution < -0.4 is 4.72 Å².